The fourth-order valence-corrected chi connectivity index (χ4v) is 3.00. The molecule has 1 unspecified atom stereocenters. The largest absolute Gasteiger partial charge is 0.495 e. The first kappa shape index (κ1) is 12.3. The molecule has 2 aliphatic heterocycles. The molecule has 1 N–H and O–H groups in total. The Balaban J connectivity index is 2.16. The Morgan fingerprint density at radius 2 is 2.32 bits per heavy atom. The zero-order chi connectivity index (χ0) is 13.4. The van der Waals surface area contributed by atoms with Gasteiger partial charge in [-0.1, -0.05) is 6.07 Å². The Labute approximate surface area is 113 Å². The Morgan fingerprint density at radius 1 is 1.47 bits per heavy atom. The summed E-state index contributed by atoms with van der Waals surface area (Å²) in [5.41, 5.74) is 2.02. The number of hydrogen-bond acceptors (Lipinski definition) is 4. The average Bonchev–Trinajstić information content (AvgIpc) is 2.47. The number of carbonyl (C=O) groups excluding carboxylic acids is 1. The molecule has 0 radical (unpaired) electrons. The van der Waals surface area contributed by atoms with Crippen molar-refractivity contribution in [3.05, 3.63) is 18.2 Å². The second-order valence-corrected chi connectivity index (χ2v) is 4.82. The van der Waals surface area contributed by atoms with Gasteiger partial charge in [0.15, 0.2) is 0 Å². The maximum atomic E-state index is 12.6. The lowest BCUT2D eigenvalue weighted by Crippen LogP contribution is -2.61. The molecule has 0 spiro atoms. The molecule has 0 saturated carbocycles. The average molecular weight is 261 g/mol. The normalized spacial score (nSPS) is 22.0. The maximum Gasteiger partial charge on any atom is 0.251 e. The van der Waals surface area contributed by atoms with Crippen molar-refractivity contribution in [1.82, 2.24) is 5.32 Å². The van der Waals surface area contributed by atoms with Crippen LogP contribution < -0.4 is 19.9 Å². The van der Waals surface area contributed by atoms with Crippen LogP contribution in [-0.4, -0.2) is 45.2 Å². The molecule has 0 bridgehead atoms. The van der Waals surface area contributed by atoms with Crippen molar-refractivity contribution in [2.75, 3.05) is 43.1 Å². The van der Waals surface area contributed by atoms with E-state index in [9.17, 15) is 4.79 Å². The predicted molar refractivity (Wildman–Crippen MR) is 75.0 cm³/mol. The number of carbonyl (C=O) groups is 1. The number of nitrogens with one attached hydrogen (secondary N) is 1. The minimum Gasteiger partial charge on any atom is -0.495 e. The number of hydrogen-bond donors (Lipinski definition) is 1. The van der Waals surface area contributed by atoms with E-state index in [1.165, 1.54) is 0 Å². The van der Waals surface area contributed by atoms with Crippen molar-refractivity contribution in [2.24, 2.45) is 0 Å². The number of anilines is 2. The third kappa shape index (κ3) is 1.76. The quantitative estimate of drug-likeness (QED) is 0.857. The van der Waals surface area contributed by atoms with E-state index >= 15 is 0 Å². The molecule has 5 nitrogen and oxygen atoms in total. The highest BCUT2D eigenvalue weighted by Crippen LogP contribution is 2.43. The molecule has 1 saturated heterocycles. The van der Waals surface area contributed by atoms with Crippen LogP contribution >= 0.6 is 0 Å². The van der Waals surface area contributed by atoms with Gasteiger partial charge in [0, 0.05) is 26.2 Å². The highest BCUT2D eigenvalue weighted by molar-refractivity contribution is 6.07. The molecule has 1 aromatic rings. The van der Waals surface area contributed by atoms with E-state index < -0.39 is 0 Å². The highest BCUT2D eigenvalue weighted by Gasteiger charge is 2.40. The van der Waals surface area contributed by atoms with Gasteiger partial charge in [-0.25, -0.2) is 0 Å². The number of nitrogens with zero attached hydrogens (tertiary/aromatic N) is 2. The van der Waals surface area contributed by atoms with E-state index in [2.05, 4.69) is 10.2 Å². The fourth-order valence-electron chi connectivity index (χ4n) is 3.00. The first-order valence-corrected chi connectivity index (χ1v) is 6.73. The van der Waals surface area contributed by atoms with Crippen LogP contribution in [0.1, 0.15) is 6.92 Å². The lowest BCUT2D eigenvalue weighted by molar-refractivity contribution is -0.120. The molecule has 1 atom stereocenters. The monoisotopic (exact) mass is 261 g/mol. The summed E-state index contributed by atoms with van der Waals surface area (Å²) in [6.07, 6.45) is 0. The van der Waals surface area contributed by atoms with Crippen LogP contribution in [0.2, 0.25) is 0 Å². The zero-order valence-corrected chi connectivity index (χ0v) is 11.3. The van der Waals surface area contributed by atoms with E-state index in [-0.39, 0.29) is 11.9 Å². The number of piperazine rings is 1. The van der Waals surface area contributed by atoms with Gasteiger partial charge in [-0.15, -0.1) is 0 Å². The molecule has 1 amide bonds. The Kier molecular flexibility index (Phi) is 3.06. The number of likely N-dealkylation sites (N-methyl/N-ethyl adjacent to an activating group) is 1. The van der Waals surface area contributed by atoms with Crippen molar-refractivity contribution >= 4 is 17.3 Å². The number of methoxy groups -OCH3 is 1. The minimum atomic E-state index is -0.113. The van der Waals surface area contributed by atoms with Gasteiger partial charge in [0.1, 0.15) is 17.5 Å². The van der Waals surface area contributed by atoms with E-state index in [1.807, 2.05) is 30.0 Å². The topological polar surface area (TPSA) is 44.8 Å². The second-order valence-electron chi connectivity index (χ2n) is 4.82. The third-order valence-electron chi connectivity index (χ3n) is 3.89. The van der Waals surface area contributed by atoms with Gasteiger partial charge in [-0.3, -0.25) is 4.79 Å². The Bertz CT molecular complexity index is 503. The summed E-state index contributed by atoms with van der Waals surface area (Å²) in [5.74, 6) is 1.02. The lowest BCUT2D eigenvalue weighted by Gasteiger charge is -2.45. The van der Waals surface area contributed by atoms with Crippen molar-refractivity contribution in [2.45, 2.75) is 13.0 Å². The molecular weight excluding hydrogens is 242 g/mol. The van der Waals surface area contributed by atoms with Gasteiger partial charge < -0.3 is 19.9 Å². The van der Waals surface area contributed by atoms with E-state index in [0.717, 1.165) is 30.2 Å². The zero-order valence-electron chi connectivity index (χ0n) is 11.3. The van der Waals surface area contributed by atoms with Crippen LogP contribution in [0.3, 0.4) is 0 Å². The van der Waals surface area contributed by atoms with Crippen molar-refractivity contribution in [3.63, 3.8) is 0 Å². The summed E-state index contributed by atoms with van der Waals surface area (Å²) in [7, 11) is 1.68. The van der Waals surface area contributed by atoms with Crippen LogP contribution in [0.5, 0.6) is 5.75 Å². The highest BCUT2D eigenvalue weighted by atomic mass is 16.5. The number of para-hydroxylation sites is 1. The maximum absolute atomic E-state index is 12.6. The molecule has 3 rings (SSSR count). The summed E-state index contributed by atoms with van der Waals surface area (Å²) in [4.78, 5) is 16.6. The summed E-state index contributed by atoms with van der Waals surface area (Å²) in [5, 5.41) is 3.30. The van der Waals surface area contributed by atoms with Gasteiger partial charge in [-0.05, 0) is 19.1 Å². The SMILES string of the molecule is CCN1C(=O)C2CNCCN2c2c(OC)cccc21. The molecule has 2 heterocycles. The van der Waals surface area contributed by atoms with Gasteiger partial charge >= 0.3 is 0 Å². The molecule has 19 heavy (non-hydrogen) atoms. The molecule has 0 aliphatic carbocycles. The van der Waals surface area contributed by atoms with E-state index in [0.29, 0.717) is 13.1 Å². The van der Waals surface area contributed by atoms with Crippen LogP contribution in [0.4, 0.5) is 11.4 Å². The predicted octanol–water partition coefficient (Wildman–Crippen LogP) is 0.840. The van der Waals surface area contributed by atoms with Crippen molar-refractivity contribution in [3.8, 4) is 5.75 Å². The number of amides is 1. The van der Waals surface area contributed by atoms with E-state index in [4.69, 9.17) is 4.74 Å². The molecule has 1 fully saturated rings. The molecule has 102 valence electrons. The van der Waals surface area contributed by atoms with Crippen LogP contribution in [0, 0.1) is 0 Å². The molecule has 1 aromatic carbocycles. The molecule has 2 aliphatic rings. The summed E-state index contributed by atoms with van der Waals surface area (Å²) >= 11 is 0. The van der Waals surface area contributed by atoms with Gasteiger partial charge in [0.2, 0.25) is 0 Å². The van der Waals surface area contributed by atoms with Crippen LogP contribution in [-0.2, 0) is 4.79 Å². The fraction of sp³-hybridized carbons (Fsp3) is 0.500. The van der Waals surface area contributed by atoms with Gasteiger partial charge in [0.25, 0.3) is 5.91 Å². The standard InChI is InChI=1S/C14H19N3O2/c1-3-16-10-5-4-6-12(19-2)13(10)17-8-7-15-9-11(17)14(16)18/h4-6,11,15H,3,7-9H2,1-2H3. The first-order valence-electron chi connectivity index (χ1n) is 6.73. The first-order chi connectivity index (χ1) is 9.27. The van der Waals surface area contributed by atoms with Crippen molar-refractivity contribution in [1.29, 1.82) is 0 Å². The summed E-state index contributed by atoms with van der Waals surface area (Å²) in [6.45, 7) is 5.12. The number of ether oxygens (including phenoxy) is 1. The number of fused-ring (bicyclic) bond motifs is 3. The lowest BCUT2D eigenvalue weighted by atomic mass is 10.0. The van der Waals surface area contributed by atoms with Crippen molar-refractivity contribution < 1.29 is 9.53 Å². The molecule has 0 aromatic heterocycles. The Morgan fingerprint density at radius 3 is 3.05 bits per heavy atom. The third-order valence-corrected chi connectivity index (χ3v) is 3.89. The smallest absolute Gasteiger partial charge is 0.251 e. The minimum absolute atomic E-state index is 0.113. The molecular formula is C14H19N3O2. The number of benzene rings is 1. The Hall–Kier alpha value is -1.75. The van der Waals surface area contributed by atoms with Gasteiger partial charge in [-0.2, -0.15) is 0 Å². The van der Waals surface area contributed by atoms with Gasteiger partial charge in [0.05, 0.1) is 12.8 Å². The molecule has 5 heteroatoms. The number of rotatable bonds is 2. The second kappa shape index (κ2) is 4.74. The van der Waals surface area contributed by atoms with Crippen LogP contribution in [0.15, 0.2) is 18.2 Å². The summed E-state index contributed by atoms with van der Waals surface area (Å²) in [6, 6.07) is 5.78. The van der Waals surface area contributed by atoms with E-state index in [1.54, 1.807) is 7.11 Å². The summed E-state index contributed by atoms with van der Waals surface area (Å²) < 4.78 is 5.49. The van der Waals surface area contributed by atoms with Crippen LogP contribution in [0.25, 0.3) is 0 Å².